The lowest BCUT2D eigenvalue weighted by Gasteiger charge is -2.44. The molecule has 0 saturated carbocycles. The topological polar surface area (TPSA) is 18.5 Å². The quantitative estimate of drug-likeness (QED) is 0.785. The van der Waals surface area contributed by atoms with Crippen LogP contribution in [0.15, 0.2) is 24.3 Å². The molecule has 17 heavy (non-hydrogen) atoms. The van der Waals surface area contributed by atoms with E-state index in [2.05, 4.69) is 39.8 Å². The molecule has 0 radical (unpaired) electrons. The maximum absolute atomic E-state index is 5.76. The molecular formula is C15H22O2. The summed E-state index contributed by atoms with van der Waals surface area (Å²) in [6.45, 7) is 9.55. The summed E-state index contributed by atoms with van der Waals surface area (Å²) in [4.78, 5) is 0. The summed E-state index contributed by atoms with van der Waals surface area (Å²) in [5.74, 6) is 0.945. The smallest absolute Gasteiger partial charge is 0.119 e. The van der Waals surface area contributed by atoms with Gasteiger partial charge in [-0.05, 0) is 31.0 Å². The van der Waals surface area contributed by atoms with Crippen molar-refractivity contribution < 1.29 is 9.47 Å². The average Bonchev–Trinajstić information content (AvgIpc) is 2.30. The normalized spacial score (nSPS) is 23.9. The van der Waals surface area contributed by atoms with Gasteiger partial charge in [0.05, 0.1) is 18.8 Å². The van der Waals surface area contributed by atoms with Crippen LogP contribution in [-0.2, 0) is 4.74 Å². The van der Waals surface area contributed by atoms with Gasteiger partial charge in [0.2, 0.25) is 0 Å². The van der Waals surface area contributed by atoms with Gasteiger partial charge in [-0.25, -0.2) is 0 Å². The van der Waals surface area contributed by atoms with E-state index in [1.165, 1.54) is 5.56 Å². The second-order valence-corrected chi connectivity index (χ2v) is 5.59. The molecule has 0 amide bonds. The highest BCUT2D eigenvalue weighted by atomic mass is 16.5. The molecule has 1 fully saturated rings. The average molecular weight is 234 g/mol. The largest absolute Gasteiger partial charge is 0.491 e. The van der Waals surface area contributed by atoms with Gasteiger partial charge >= 0.3 is 0 Å². The minimum Gasteiger partial charge on any atom is -0.491 e. The highest BCUT2D eigenvalue weighted by molar-refractivity contribution is 5.30. The van der Waals surface area contributed by atoms with E-state index in [0.717, 1.165) is 18.8 Å². The maximum Gasteiger partial charge on any atom is 0.119 e. The van der Waals surface area contributed by atoms with Crippen LogP contribution in [-0.4, -0.2) is 12.7 Å². The lowest BCUT2D eigenvalue weighted by Crippen LogP contribution is -2.40. The number of hydrogen-bond acceptors (Lipinski definition) is 2. The van der Waals surface area contributed by atoms with Crippen molar-refractivity contribution in [3.05, 3.63) is 29.8 Å². The van der Waals surface area contributed by atoms with Crippen LogP contribution in [0.4, 0.5) is 0 Å². The first-order valence-corrected chi connectivity index (χ1v) is 6.41. The van der Waals surface area contributed by atoms with Crippen LogP contribution in [0.2, 0.25) is 0 Å². The Hall–Kier alpha value is -1.02. The van der Waals surface area contributed by atoms with Gasteiger partial charge in [0.15, 0.2) is 0 Å². The van der Waals surface area contributed by atoms with Crippen molar-refractivity contribution in [2.24, 2.45) is 5.41 Å². The minimum atomic E-state index is 0.236. The molecule has 0 spiro atoms. The fourth-order valence-corrected chi connectivity index (χ4v) is 2.08. The highest BCUT2D eigenvalue weighted by Gasteiger charge is 2.40. The van der Waals surface area contributed by atoms with Crippen molar-refractivity contribution in [2.75, 3.05) is 6.61 Å². The van der Waals surface area contributed by atoms with E-state index in [4.69, 9.17) is 9.47 Å². The van der Waals surface area contributed by atoms with Crippen LogP contribution < -0.4 is 4.74 Å². The van der Waals surface area contributed by atoms with E-state index in [9.17, 15) is 0 Å². The van der Waals surface area contributed by atoms with Crippen LogP contribution in [0.5, 0.6) is 5.75 Å². The van der Waals surface area contributed by atoms with Gasteiger partial charge in [-0.3, -0.25) is 0 Å². The second-order valence-electron chi connectivity index (χ2n) is 5.59. The molecule has 1 saturated heterocycles. The number of benzene rings is 1. The third-order valence-electron chi connectivity index (χ3n) is 3.43. The fourth-order valence-electron chi connectivity index (χ4n) is 2.08. The summed E-state index contributed by atoms with van der Waals surface area (Å²) < 4.78 is 11.4. The fraction of sp³-hybridized carbons (Fsp3) is 0.600. The van der Waals surface area contributed by atoms with Crippen LogP contribution in [0.25, 0.3) is 0 Å². The number of ether oxygens (including phenoxy) is 2. The first-order chi connectivity index (χ1) is 8.03. The zero-order valence-corrected chi connectivity index (χ0v) is 11.2. The third kappa shape index (κ3) is 2.63. The van der Waals surface area contributed by atoms with Crippen molar-refractivity contribution in [3.63, 3.8) is 0 Å². The Kier molecular flexibility index (Phi) is 3.43. The van der Waals surface area contributed by atoms with Gasteiger partial charge in [-0.15, -0.1) is 0 Å². The Labute approximate surface area is 104 Å². The van der Waals surface area contributed by atoms with E-state index in [1.54, 1.807) is 0 Å². The minimum absolute atomic E-state index is 0.236. The molecule has 1 aromatic carbocycles. The van der Waals surface area contributed by atoms with Crippen LogP contribution in [0.3, 0.4) is 0 Å². The van der Waals surface area contributed by atoms with Gasteiger partial charge in [-0.1, -0.05) is 32.9 Å². The molecule has 1 aliphatic rings. The Morgan fingerprint density at radius 3 is 2.41 bits per heavy atom. The van der Waals surface area contributed by atoms with E-state index in [1.807, 2.05) is 12.1 Å². The first-order valence-electron chi connectivity index (χ1n) is 6.41. The Bertz CT molecular complexity index is 367. The molecule has 2 rings (SSSR count). The van der Waals surface area contributed by atoms with Gasteiger partial charge in [0.1, 0.15) is 5.75 Å². The van der Waals surface area contributed by atoms with Gasteiger partial charge < -0.3 is 9.47 Å². The van der Waals surface area contributed by atoms with Crippen LogP contribution in [0, 0.1) is 5.41 Å². The molecule has 2 heteroatoms. The monoisotopic (exact) mass is 234 g/mol. The predicted octanol–water partition coefficient (Wildman–Crippen LogP) is 3.96. The summed E-state index contributed by atoms with van der Waals surface area (Å²) in [5, 5.41) is 0. The third-order valence-corrected chi connectivity index (χ3v) is 3.43. The summed E-state index contributed by atoms with van der Waals surface area (Å²) in [6, 6.07) is 8.31. The van der Waals surface area contributed by atoms with Crippen molar-refractivity contribution in [1.82, 2.24) is 0 Å². The van der Waals surface area contributed by atoms with E-state index in [0.29, 0.717) is 0 Å². The molecule has 94 valence electrons. The Balaban J connectivity index is 2.03. The van der Waals surface area contributed by atoms with Gasteiger partial charge in [0.25, 0.3) is 0 Å². The molecule has 2 nitrogen and oxygen atoms in total. The zero-order chi connectivity index (χ0) is 12.5. The number of hydrogen-bond donors (Lipinski definition) is 0. The Morgan fingerprint density at radius 2 is 2.00 bits per heavy atom. The zero-order valence-electron chi connectivity index (χ0n) is 11.2. The van der Waals surface area contributed by atoms with E-state index >= 15 is 0 Å². The molecule has 0 aromatic heterocycles. The van der Waals surface area contributed by atoms with Crippen LogP contribution >= 0.6 is 0 Å². The molecule has 0 bridgehead atoms. The molecular weight excluding hydrogens is 212 g/mol. The molecule has 2 unspecified atom stereocenters. The standard InChI is InChI=1S/C15H22O2/c1-5-11(2)17-13-8-6-12(7-9-13)14-15(3,4)10-16-14/h6-9,11,14H,5,10H2,1-4H3. The Morgan fingerprint density at radius 1 is 1.35 bits per heavy atom. The van der Waals surface area contributed by atoms with Crippen LogP contribution in [0.1, 0.15) is 45.8 Å². The molecule has 1 aromatic rings. The lowest BCUT2D eigenvalue weighted by atomic mass is 9.79. The van der Waals surface area contributed by atoms with E-state index in [-0.39, 0.29) is 17.6 Å². The highest BCUT2D eigenvalue weighted by Crippen LogP contribution is 2.45. The molecule has 1 heterocycles. The summed E-state index contributed by atoms with van der Waals surface area (Å²) in [5.41, 5.74) is 1.51. The summed E-state index contributed by atoms with van der Waals surface area (Å²) in [7, 11) is 0. The summed E-state index contributed by atoms with van der Waals surface area (Å²) in [6.07, 6.45) is 1.54. The van der Waals surface area contributed by atoms with Gasteiger partial charge in [0, 0.05) is 5.41 Å². The second kappa shape index (κ2) is 4.69. The van der Waals surface area contributed by atoms with E-state index < -0.39 is 0 Å². The summed E-state index contributed by atoms with van der Waals surface area (Å²) >= 11 is 0. The molecule has 0 N–H and O–H groups in total. The lowest BCUT2D eigenvalue weighted by molar-refractivity contribution is -0.172. The molecule has 0 aliphatic carbocycles. The van der Waals surface area contributed by atoms with Gasteiger partial charge in [-0.2, -0.15) is 0 Å². The SMILES string of the molecule is CCC(C)Oc1ccc(C2OCC2(C)C)cc1. The predicted molar refractivity (Wildman–Crippen MR) is 69.3 cm³/mol. The molecule has 1 aliphatic heterocycles. The maximum atomic E-state index is 5.76. The molecule has 2 atom stereocenters. The van der Waals surface area contributed by atoms with Crippen molar-refractivity contribution >= 4 is 0 Å². The number of rotatable bonds is 4. The van der Waals surface area contributed by atoms with Crippen molar-refractivity contribution in [2.45, 2.75) is 46.3 Å². The first kappa shape index (κ1) is 12.4. The van der Waals surface area contributed by atoms with Crippen molar-refractivity contribution in [3.8, 4) is 5.75 Å². The van der Waals surface area contributed by atoms with Crippen molar-refractivity contribution in [1.29, 1.82) is 0 Å².